The maximum Gasteiger partial charge on any atom is 0.224 e. The number of amides is 1. The van der Waals surface area contributed by atoms with Crippen molar-refractivity contribution in [3.63, 3.8) is 0 Å². The minimum atomic E-state index is -0.603. The molecule has 2 aromatic rings. The molecule has 0 saturated heterocycles. The molecular weight excluding hydrogens is 294 g/mol. The van der Waals surface area contributed by atoms with Crippen LogP contribution >= 0.6 is 0 Å². The lowest BCUT2D eigenvalue weighted by Crippen LogP contribution is -2.49. The first-order valence-corrected chi connectivity index (χ1v) is 8.01. The number of hydrogen-bond acceptors (Lipinski definition) is 4. The Balaban J connectivity index is 1.64. The van der Waals surface area contributed by atoms with Crippen molar-refractivity contribution in [3.8, 4) is 0 Å². The lowest BCUT2D eigenvalue weighted by atomic mass is 9.87. The highest BCUT2D eigenvalue weighted by molar-refractivity contribution is 5.79. The van der Waals surface area contributed by atoms with Crippen molar-refractivity contribution in [1.29, 1.82) is 0 Å². The van der Waals surface area contributed by atoms with Gasteiger partial charge in [-0.05, 0) is 33.1 Å². The van der Waals surface area contributed by atoms with Crippen molar-refractivity contribution in [2.45, 2.75) is 57.7 Å². The zero-order valence-electron chi connectivity index (χ0n) is 13.5. The third-order valence-electron chi connectivity index (χ3n) is 4.69. The molecule has 0 spiro atoms. The van der Waals surface area contributed by atoms with Gasteiger partial charge < -0.3 is 15.0 Å². The van der Waals surface area contributed by atoms with E-state index in [0.29, 0.717) is 0 Å². The van der Waals surface area contributed by atoms with Crippen molar-refractivity contribution >= 4 is 5.91 Å². The highest BCUT2D eigenvalue weighted by Gasteiger charge is 2.33. The van der Waals surface area contributed by atoms with E-state index in [1.807, 2.05) is 24.6 Å². The predicted octanol–water partition coefficient (Wildman–Crippen LogP) is 1.04. The summed E-state index contributed by atoms with van der Waals surface area (Å²) in [5, 5.41) is 20.6. The van der Waals surface area contributed by atoms with Crippen molar-refractivity contribution < 1.29 is 9.90 Å². The minimum Gasteiger partial charge on any atom is -0.389 e. The molecule has 0 aliphatic heterocycles. The van der Waals surface area contributed by atoms with Crippen LogP contribution in [0.15, 0.2) is 18.7 Å². The summed E-state index contributed by atoms with van der Waals surface area (Å²) in [6.07, 6.45) is 7.62. The van der Waals surface area contributed by atoms with Crippen LogP contribution in [0.1, 0.15) is 42.3 Å². The molecule has 124 valence electrons. The summed E-state index contributed by atoms with van der Waals surface area (Å²) in [4.78, 5) is 16.4. The second-order valence-electron chi connectivity index (χ2n) is 6.26. The molecule has 1 fully saturated rings. The number of hydrogen-bond donors (Lipinski definition) is 3. The van der Waals surface area contributed by atoms with E-state index in [1.165, 1.54) is 0 Å². The second-order valence-corrected chi connectivity index (χ2v) is 6.26. The number of aryl methyl sites for hydroxylation is 2. The van der Waals surface area contributed by atoms with Gasteiger partial charge in [-0.25, -0.2) is 4.98 Å². The van der Waals surface area contributed by atoms with E-state index in [4.69, 9.17) is 0 Å². The maximum absolute atomic E-state index is 12.3. The molecule has 0 radical (unpaired) electrons. The fourth-order valence-electron chi connectivity index (χ4n) is 3.36. The standard InChI is InChI=1S/C16H23N5O2/c1-10-12(11(2)20-19-10)8-15(22)18-13-4-3-5-14(16(13)23)21-7-6-17-9-21/h6-7,9,13-14,16,23H,3-5,8H2,1-2H3,(H,18,22)(H,19,20)/t13-,14-,16-/m1/s1. The van der Waals surface area contributed by atoms with Gasteiger partial charge >= 0.3 is 0 Å². The lowest BCUT2D eigenvalue weighted by Gasteiger charge is -2.35. The number of H-pyrrole nitrogens is 1. The number of carbonyl (C=O) groups excluding carboxylic acids is 1. The van der Waals surface area contributed by atoms with Crippen LogP contribution in [0.2, 0.25) is 0 Å². The quantitative estimate of drug-likeness (QED) is 0.785. The van der Waals surface area contributed by atoms with Crippen LogP contribution in [-0.2, 0) is 11.2 Å². The zero-order chi connectivity index (χ0) is 16.4. The number of nitrogens with one attached hydrogen (secondary N) is 2. The van der Waals surface area contributed by atoms with Crippen LogP contribution in [0.3, 0.4) is 0 Å². The van der Waals surface area contributed by atoms with Crippen LogP contribution in [-0.4, -0.2) is 42.9 Å². The number of aromatic nitrogens is 4. The average Bonchev–Trinajstić information content (AvgIpc) is 3.15. The maximum atomic E-state index is 12.3. The van der Waals surface area contributed by atoms with Crippen molar-refractivity contribution in [2.75, 3.05) is 0 Å². The molecule has 1 aliphatic carbocycles. The molecule has 3 atom stereocenters. The summed E-state index contributed by atoms with van der Waals surface area (Å²) >= 11 is 0. The van der Waals surface area contributed by atoms with Gasteiger partial charge in [-0.1, -0.05) is 0 Å². The first-order chi connectivity index (χ1) is 11.1. The fraction of sp³-hybridized carbons (Fsp3) is 0.562. The molecule has 3 rings (SSSR count). The van der Waals surface area contributed by atoms with Gasteiger partial charge in [0, 0.05) is 23.7 Å². The van der Waals surface area contributed by atoms with E-state index in [0.717, 1.165) is 36.2 Å². The molecule has 3 N–H and O–H groups in total. The van der Waals surface area contributed by atoms with Crippen LogP contribution < -0.4 is 5.32 Å². The van der Waals surface area contributed by atoms with E-state index in [-0.39, 0.29) is 24.4 Å². The molecule has 2 aromatic heterocycles. The van der Waals surface area contributed by atoms with Gasteiger partial charge in [-0.15, -0.1) is 0 Å². The van der Waals surface area contributed by atoms with Gasteiger partial charge in [0.05, 0.1) is 36.6 Å². The van der Waals surface area contributed by atoms with E-state index < -0.39 is 6.10 Å². The first-order valence-electron chi connectivity index (χ1n) is 8.01. The minimum absolute atomic E-state index is 0.0334. The summed E-state index contributed by atoms with van der Waals surface area (Å²) in [5.74, 6) is -0.0760. The third kappa shape index (κ3) is 3.29. The number of aliphatic hydroxyl groups excluding tert-OH is 1. The van der Waals surface area contributed by atoms with Crippen LogP contribution in [0, 0.1) is 13.8 Å². The van der Waals surface area contributed by atoms with Crippen molar-refractivity contribution in [2.24, 2.45) is 0 Å². The van der Waals surface area contributed by atoms with Gasteiger partial charge in [0.25, 0.3) is 0 Å². The summed E-state index contributed by atoms with van der Waals surface area (Å²) in [5.41, 5.74) is 2.69. The van der Waals surface area contributed by atoms with E-state index in [2.05, 4.69) is 20.5 Å². The lowest BCUT2D eigenvalue weighted by molar-refractivity contribution is -0.122. The van der Waals surface area contributed by atoms with Gasteiger partial charge in [0.15, 0.2) is 0 Å². The number of aliphatic hydroxyl groups is 1. The van der Waals surface area contributed by atoms with Gasteiger partial charge in [0.1, 0.15) is 0 Å². The number of nitrogens with zero attached hydrogens (tertiary/aromatic N) is 3. The van der Waals surface area contributed by atoms with Crippen LogP contribution in [0.4, 0.5) is 0 Å². The van der Waals surface area contributed by atoms with E-state index in [1.54, 1.807) is 12.5 Å². The Hall–Kier alpha value is -2.15. The van der Waals surface area contributed by atoms with E-state index >= 15 is 0 Å². The summed E-state index contributed by atoms with van der Waals surface area (Å²) in [6, 6.07) is -0.259. The molecule has 7 heteroatoms. The molecule has 0 bridgehead atoms. The number of aromatic amines is 1. The monoisotopic (exact) mass is 317 g/mol. The topological polar surface area (TPSA) is 95.8 Å². The Morgan fingerprint density at radius 3 is 2.96 bits per heavy atom. The Bertz CT molecular complexity index is 645. The largest absolute Gasteiger partial charge is 0.389 e. The third-order valence-corrected chi connectivity index (χ3v) is 4.69. The molecule has 1 saturated carbocycles. The SMILES string of the molecule is Cc1n[nH]c(C)c1CC(=O)N[C@@H]1CCC[C@@H](n2ccnc2)[C@@H]1O. The molecule has 2 heterocycles. The Morgan fingerprint density at radius 2 is 2.30 bits per heavy atom. The zero-order valence-corrected chi connectivity index (χ0v) is 13.5. The van der Waals surface area contributed by atoms with Crippen LogP contribution in [0.5, 0.6) is 0 Å². The van der Waals surface area contributed by atoms with Crippen molar-refractivity contribution in [3.05, 3.63) is 35.7 Å². The number of imidazole rings is 1. The first kappa shape index (κ1) is 15.7. The van der Waals surface area contributed by atoms with E-state index in [9.17, 15) is 9.90 Å². The summed E-state index contributed by atoms with van der Waals surface area (Å²) < 4.78 is 1.92. The second kappa shape index (κ2) is 6.54. The molecule has 23 heavy (non-hydrogen) atoms. The van der Waals surface area contributed by atoms with Gasteiger partial charge in [-0.3, -0.25) is 9.89 Å². The molecule has 1 aliphatic rings. The van der Waals surface area contributed by atoms with Gasteiger partial charge in [-0.2, -0.15) is 5.10 Å². The highest BCUT2D eigenvalue weighted by atomic mass is 16.3. The highest BCUT2D eigenvalue weighted by Crippen LogP contribution is 2.29. The molecule has 7 nitrogen and oxygen atoms in total. The summed E-state index contributed by atoms with van der Waals surface area (Å²) in [6.45, 7) is 3.80. The predicted molar refractivity (Wildman–Crippen MR) is 84.8 cm³/mol. The number of carbonyl (C=O) groups is 1. The summed E-state index contributed by atoms with van der Waals surface area (Å²) in [7, 11) is 0. The fourth-order valence-corrected chi connectivity index (χ4v) is 3.36. The van der Waals surface area contributed by atoms with Crippen LogP contribution in [0.25, 0.3) is 0 Å². The molecule has 1 amide bonds. The normalized spacial score (nSPS) is 24.6. The Kier molecular flexibility index (Phi) is 4.47. The smallest absolute Gasteiger partial charge is 0.224 e. The Morgan fingerprint density at radius 1 is 1.48 bits per heavy atom. The number of rotatable bonds is 4. The Labute approximate surface area is 135 Å². The molecular formula is C16H23N5O2. The van der Waals surface area contributed by atoms with Gasteiger partial charge in [0.2, 0.25) is 5.91 Å². The average molecular weight is 317 g/mol. The molecule has 0 aromatic carbocycles. The molecule has 0 unspecified atom stereocenters. The van der Waals surface area contributed by atoms with Crippen molar-refractivity contribution in [1.82, 2.24) is 25.1 Å².